The fourth-order valence-corrected chi connectivity index (χ4v) is 1.39. The van der Waals surface area contributed by atoms with Crippen molar-refractivity contribution in [1.29, 1.82) is 0 Å². The number of esters is 2. The average molecular weight is 309 g/mol. The Balaban J connectivity index is 2.52. The van der Waals surface area contributed by atoms with Gasteiger partial charge in [0.2, 0.25) is 0 Å². The van der Waals surface area contributed by atoms with Gasteiger partial charge < -0.3 is 14.8 Å². The van der Waals surface area contributed by atoms with Crippen LogP contribution >= 0.6 is 0 Å². The molecule has 0 aromatic heterocycles. The molecule has 0 aliphatic rings. The molecule has 0 saturated carbocycles. The van der Waals surface area contributed by atoms with E-state index in [0.29, 0.717) is 0 Å². The van der Waals surface area contributed by atoms with Gasteiger partial charge in [0.15, 0.2) is 6.10 Å². The summed E-state index contributed by atoms with van der Waals surface area (Å²) in [5, 5.41) is 2.29. The van der Waals surface area contributed by atoms with Crippen LogP contribution in [0, 0.1) is 5.82 Å². The number of carbonyl (C=O) groups excluding carboxylic acids is 3. The lowest BCUT2D eigenvalue weighted by Crippen LogP contribution is -2.29. The summed E-state index contributed by atoms with van der Waals surface area (Å²) in [6.07, 6.45) is 0.594. The lowest BCUT2D eigenvalue weighted by molar-refractivity contribution is -0.148. The molecule has 1 aromatic rings. The van der Waals surface area contributed by atoms with E-state index >= 15 is 0 Å². The summed E-state index contributed by atoms with van der Waals surface area (Å²) in [7, 11) is 0. The van der Waals surface area contributed by atoms with Crippen LogP contribution in [0.5, 0.6) is 0 Å². The van der Waals surface area contributed by atoms with E-state index in [2.05, 4.69) is 10.1 Å². The van der Waals surface area contributed by atoms with E-state index in [9.17, 15) is 18.8 Å². The molecule has 1 atom stereocenters. The number of ether oxygens (including phenoxy) is 2. The zero-order valence-electron chi connectivity index (χ0n) is 12.2. The van der Waals surface area contributed by atoms with E-state index in [1.807, 2.05) is 0 Å². The number of amides is 1. The molecule has 0 heterocycles. The van der Waals surface area contributed by atoms with Gasteiger partial charge in [0.25, 0.3) is 5.91 Å². The fraction of sp³-hybridized carbons (Fsp3) is 0.267. The number of anilines is 1. The first-order valence-electron chi connectivity index (χ1n) is 6.55. The topological polar surface area (TPSA) is 81.7 Å². The van der Waals surface area contributed by atoms with E-state index in [1.54, 1.807) is 13.0 Å². The Morgan fingerprint density at radius 3 is 2.50 bits per heavy atom. The van der Waals surface area contributed by atoms with Crippen molar-refractivity contribution >= 4 is 23.5 Å². The van der Waals surface area contributed by atoms with Crippen molar-refractivity contribution in [2.45, 2.75) is 20.0 Å². The summed E-state index contributed by atoms with van der Waals surface area (Å²) < 4.78 is 22.7. The number of hydrogen-bond acceptors (Lipinski definition) is 5. The SMILES string of the molecule is CCOC(=O)/C=C/C(=O)O[C@@H](C)C(=O)Nc1ccccc1F. The van der Waals surface area contributed by atoms with Crippen LogP contribution < -0.4 is 5.32 Å². The maximum atomic E-state index is 13.4. The second kappa shape index (κ2) is 8.56. The molecule has 0 aliphatic heterocycles. The molecule has 7 heteroatoms. The Bertz CT molecular complexity index is 585. The molecule has 0 saturated heterocycles. The molecule has 6 nitrogen and oxygen atoms in total. The molecule has 0 bridgehead atoms. The fourth-order valence-electron chi connectivity index (χ4n) is 1.39. The Morgan fingerprint density at radius 2 is 1.86 bits per heavy atom. The van der Waals surface area contributed by atoms with E-state index in [0.717, 1.165) is 12.2 Å². The standard InChI is InChI=1S/C15H16FNO5/c1-3-21-13(18)8-9-14(19)22-10(2)15(20)17-12-7-5-4-6-11(12)16/h4-10H,3H2,1-2H3,(H,17,20)/b9-8+/t10-/m0/s1. The van der Waals surface area contributed by atoms with Gasteiger partial charge in [-0.2, -0.15) is 0 Å². The molecule has 0 fully saturated rings. The highest BCUT2D eigenvalue weighted by molar-refractivity contribution is 5.97. The van der Waals surface area contributed by atoms with Gasteiger partial charge in [-0.3, -0.25) is 4.79 Å². The highest BCUT2D eigenvalue weighted by Gasteiger charge is 2.18. The zero-order valence-corrected chi connectivity index (χ0v) is 12.2. The Labute approximate surface area is 126 Å². The average Bonchev–Trinajstić information content (AvgIpc) is 2.47. The van der Waals surface area contributed by atoms with Crippen molar-refractivity contribution in [3.8, 4) is 0 Å². The van der Waals surface area contributed by atoms with Crippen molar-refractivity contribution in [2.75, 3.05) is 11.9 Å². The minimum Gasteiger partial charge on any atom is -0.463 e. The highest BCUT2D eigenvalue weighted by Crippen LogP contribution is 2.13. The maximum Gasteiger partial charge on any atom is 0.331 e. The zero-order chi connectivity index (χ0) is 16.5. The van der Waals surface area contributed by atoms with Gasteiger partial charge in [-0.15, -0.1) is 0 Å². The predicted octanol–water partition coefficient (Wildman–Crippen LogP) is 1.82. The second-order valence-corrected chi connectivity index (χ2v) is 4.13. The van der Waals surface area contributed by atoms with Crippen LogP contribution in [0.3, 0.4) is 0 Å². The van der Waals surface area contributed by atoms with Gasteiger partial charge in [0, 0.05) is 12.2 Å². The number of rotatable bonds is 6. The van der Waals surface area contributed by atoms with Gasteiger partial charge in [-0.05, 0) is 26.0 Å². The Morgan fingerprint density at radius 1 is 1.23 bits per heavy atom. The van der Waals surface area contributed by atoms with Crippen LogP contribution in [0.25, 0.3) is 0 Å². The third-order valence-corrected chi connectivity index (χ3v) is 2.44. The number of hydrogen-bond donors (Lipinski definition) is 1. The number of benzene rings is 1. The van der Waals surface area contributed by atoms with E-state index in [-0.39, 0.29) is 12.3 Å². The summed E-state index contributed by atoms with van der Waals surface area (Å²) in [6, 6.07) is 5.60. The minimum atomic E-state index is -1.15. The first-order chi connectivity index (χ1) is 10.4. The number of nitrogens with one attached hydrogen (secondary N) is 1. The molecule has 1 aromatic carbocycles. The predicted molar refractivity (Wildman–Crippen MR) is 76.4 cm³/mol. The van der Waals surface area contributed by atoms with Crippen LogP contribution in [0.1, 0.15) is 13.8 Å². The molecule has 0 radical (unpaired) electrons. The van der Waals surface area contributed by atoms with Crippen molar-refractivity contribution in [2.24, 2.45) is 0 Å². The van der Waals surface area contributed by atoms with E-state index in [4.69, 9.17) is 4.74 Å². The van der Waals surface area contributed by atoms with Gasteiger partial charge in [-0.25, -0.2) is 14.0 Å². The monoisotopic (exact) mass is 309 g/mol. The second-order valence-electron chi connectivity index (χ2n) is 4.13. The molecule has 0 spiro atoms. The summed E-state index contributed by atoms with van der Waals surface area (Å²) >= 11 is 0. The molecule has 1 rings (SSSR count). The van der Waals surface area contributed by atoms with Crippen molar-refractivity contribution in [3.63, 3.8) is 0 Å². The molecule has 0 unspecified atom stereocenters. The highest BCUT2D eigenvalue weighted by atomic mass is 19.1. The van der Waals surface area contributed by atoms with E-state index in [1.165, 1.54) is 25.1 Å². The molecule has 0 aliphatic carbocycles. The molecular weight excluding hydrogens is 293 g/mol. The van der Waals surface area contributed by atoms with Crippen LogP contribution in [0.15, 0.2) is 36.4 Å². The Kier molecular flexibility index (Phi) is 6.75. The molecule has 118 valence electrons. The summed E-state index contributed by atoms with van der Waals surface area (Å²) in [5.41, 5.74) is -0.0162. The van der Waals surface area contributed by atoms with Gasteiger partial charge >= 0.3 is 11.9 Å². The van der Waals surface area contributed by atoms with Crippen molar-refractivity contribution < 1.29 is 28.2 Å². The molecule has 1 amide bonds. The minimum absolute atomic E-state index is 0.0162. The van der Waals surface area contributed by atoms with Crippen LogP contribution in [0.2, 0.25) is 0 Å². The van der Waals surface area contributed by atoms with Gasteiger partial charge in [0.1, 0.15) is 5.82 Å². The lowest BCUT2D eigenvalue weighted by atomic mass is 10.3. The van der Waals surface area contributed by atoms with Crippen LogP contribution in [0.4, 0.5) is 10.1 Å². The molecule has 22 heavy (non-hydrogen) atoms. The normalized spacial score (nSPS) is 11.8. The largest absolute Gasteiger partial charge is 0.463 e. The number of carbonyl (C=O) groups is 3. The van der Waals surface area contributed by atoms with Gasteiger partial charge in [-0.1, -0.05) is 12.1 Å². The third-order valence-electron chi connectivity index (χ3n) is 2.44. The molecule has 1 N–H and O–H groups in total. The maximum absolute atomic E-state index is 13.4. The summed E-state index contributed by atoms with van der Waals surface area (Å²) in [6.45, 7) is 3.13. The lowest BCUT2D eigenvalue weighted by Gasteiger charge is -2.12. The smallest absolute Gasteiger partial charge is 0.331 e. The van der Waals surface area contributed by atoms with E-state index < -0.39 is 29.8 Å². The summed E-state index contributed by atoms with van der Waals surface area (Å²) in [5.74, 6) is -2.87. The van der Waals surface area contributed by atoms with Crippen LogP contribution in [-0.2, 0) is 23.9 Å². The van der Waals surface area contributed by atoms with Crippen LogP contribution in [-0.4, -0.2) is 30.6 Å². The number of halogens is 1. The van der Waals surface area contributed by atoms with Crippen molar-refractivity contribution in [3.05, 3.63) is 42.2 Å². The van der Waals surface area contributed by atoms with Gasteiger partial charge in [0.05, 0.1) is 12.3 Å². The first-order valence-corrected chi connectivity index (χ1v) is 6.55. The molecular formula is C15H16FNO5. The van der Waals surface area contributed by atoms with Crippen molar-refractivity contribution in [1.82, 2.24) is 0 Å². The summed E-state index contributed by atoms with van der Waals surface area (Å²) in [4.78, 5) is 34.2. The first kappa shape index (κ1) is 17.4. The quantitative estimate of drug-likeness (QED) is 0.640. The third kappa shape index (κ3) is 5.74. The Hall–Kier alpha value is -2.70. The number of para-hydroxylation sites is 1.